The number of methoxy groups -OCH3 is 1. The Balaban J connectivity index is 1.64. The van der Waals surface area contributed by atoms with Gasteiger partial charge in [-0.25, -0.2) is 18.6 Å². The van der Waals surface area contributed by atoms with E-state index in [0.29, 0.717) is 10.8 Å². The van der Waals surface area contributed by atoms with Gasteiger partial charge < -0.3 is 14.8 Å². The van der Waals surface area contributed by atoms with E-state index in [9.17, 15) is 18.4 Å². The molecule has 0 saturated carbocycles. The molecule has 0 spiro atoms. The van der Waals surface area contributed by atoms with Crippen LogP contribution in [0.25, 0.3) is 10.6 Å². The minimum atomic E-state index is -1.24. The van der Waals surface area contributed by atoms with E-state index < -0.39 is 29.6 Å². The lowest BCUT2D eigenvalue weighted by Gasteiger charge is -2.13. The molecule has 1 heterocycles. The van der Waals surface area contributed by atoms with Gasteiger partial charge in [-0.1, -0.05) is 0 Å². The third kappa shape index (κ3) is 4.94. The lowest BCUT2D eigenvalue weighted by atomic mass is 10.2. The summed E-state index contributed by atoms with van der Waals surface area (Å²) in [5.41, 5.74) is 0.493. The van der Waals surface area contributed by atoms with Crippen molar-refractivity contribution in [3.63, 3.8) is 0 Å². The highest BCUT2D eigenvalue weighted by Crippen LogP contribution is 2.26. The van der Waals surface area contributed by atoms with E-state index in [4.69, 9.17) is 9.47 Å². The molecule has 1 atom stereocenters. The van der Waals surface area contributed by atoms with Crippen LogP contribution in [0.2, 0.25) is 0 Å². The molecule has 0 aliphatic heterocycles. The van der Waals surface area contributed by atoms with Gasteiger partial charge in [-0.3, -0.25) is 4.79 Å². The number of halogens is 2. The van der Waals surface area contributed by atoms with Crippen molar-refractivity contribution in [2.45, 2.75) is 13.0 Å². The number of thiazole rings is 1. The van der Waals surface area contributed by atoms with Crippen molar-refractivity contribution in [3.8, 4) is 16.3 Å². The first-order chi connectivity index (χ1) is 13.9. The van der Waals surface area contributed by atoms with Crippen LogP contribution >= 0.6 is 11.3 Å². The standard InChI is InChI=1S/C20H16F2N2O4S/c1-11(18(25)23-16-9-13(21)5-8-15(16)22)28-20(26)17-10-29-19(24-17)12-3-6-14(27-2)7-4-12/h3-11H,1-2H3,(H,23,25). The second kappa shape index (κ2) is 8.78. The quantitative estimate of drug-likeness (QED) is 0.605. The first kappa shape index (κ1) is 20.4. The van der Waals surface area contributed by atoms with Crippen LogP contribution in [0.15, 0.2) is 47.8 Å². The summed E-state index contributed by atoms with van der Waals surface area (Å²) in [6.07, 6.45) is -1.24. The lowest BCUT2D eigenvalue weighted by molar-refractivity contribution is -0.123. The van der Waals surface area contributed by atoms with Gasteiger partial charge in [-0.2, -0.15) is 0 Å². The third-order valence-electron chi connectivity index (χ3n) is 3.89. The van der Waals surface area contributed by atoms with Crippen molar-refractivity contribution in [2.75, 3.05) is 12.4 Å². The molecule has 0 radical (unpaired) electrons. The number of amides is 1. The first-order valence-electron chi connectivity index (χ1n) is 8.44. The zero-order valence-corrected chi connectivity index (χ0v) is 16.3. The second-order valence-electron chi connectivity index (χ2n) is 5.93. The molecular weight excluding hydrogens is 402 g/mol. The van der Waals surface area contributed by atoms with Crippen LogP contribution in [0, 0.1) is 11.6 Å². The number of esters is 1. The van der Waals surface area contributed by atoms with Crippen molar-refractivity contribution in [1.29, 1.82) is 0 Å². The molecule has 0 aliphatic carbocycles. The molecule has 1 aromatic heterocycles. The molecule has 0 bridgehead atoms. The minimum Gasteiger partial charge on any atom is -0.497 e. The van der Waals surface area contributed by atoms with Crippen LogP contribution in [0.5, 0.6) is 5.75 Å². The van der Waals surface area contributed by atoms with Crippen molar-refractivity contribution in [3.05, 3.63) is 65.2 Å². The maximum Gasteiger partial charge on any atom is 0.358 e. The highest BCUT2D eigenvalue weighted by atomic mass is 32.1. The van der Waals surface area contributed by atoms with Crippen molar-refractivity contribution < 1.29 is 27.8 Å². The van der Waals surface area contributed by atoms with E-state index in [1.54, 1.807) is 31.4 Å². The fourth-order valence-electron chi connectivity index (χ4n) is 2.34. The smallest absolute Gasteiger partial charge is 0.358 e. The molecule has 3 aromatic rings. The molecule has 6 nitrogen and oxygen atoms in total. The molecule has 1 N–H and O–H groups in total. The fraction of sp³-hybridized carbons (Fsp3) is 0.150. The Labute approximate surface area is 169 Å². The fourth-order valence-corrected chi connectivity index (χ4v) is 3.13. The van der Waals surface area contributed by atoms with Gasteiger partial charge in [0.2, 0.25) is 0 Å². The number of carbonyl (C=O) groups excluding carboxylic acids is 2. The summed E-state index contributed by atoms with van der Waals surface area (Å²) in [6.45, 7) is 1.32. The molecule has 9 heteroatoms. The average molecular weight is 418 g/mol. The first-order valence-corrected chi connectivity index (χ1v) is 9.32. The summed E-state index contributed by atoms with van der Waals surface area (Å²) in [6, 6.07) is 9.80. The van der Waals surface area contributed by atoms with Crippen LogP contribution in [0.3, 0.4) is 0 Å². The van der Waals surface area contributed by atoms with Gasteiger partial charge in [0, 0.05) is 17.0 Å². The number of hydrogen-bond acceptors (Lipinski definition) is 6. The SMILES string of the molecule is COc1ccc(-c2nc(C(=O)OC(C)C(=O)Nc3cc(F)ccc3F)cs2)cc1. The molecule has 1 unspecified atom stereocenters. The molecule has 0 fully saturated rings. The van der Waals surface area contributed by atoms with Gasteiger partial charge >= 0.3 is 5.97 Å². The normalized spacial score (nSPS) is 11.6. The van der Waals surface area contributed by atoms with Gasteiger partial charge in [0.1, 0.15) is 22.4 Å². The van der Waals surface area contributed by atoms with Crippen LogP contribution in [0.1, 0.15) is 17.4 Å². The van der Waals surface area contributed by atoms with E-state index in [1.807, 2.05) is 0 Å². The van der Waals surface area contributed by atoms with Gasteiger partial charge in [0.25, 0.3) is 5.91 Å². The van der Waals surface area contributed by atoms with E-state index in [2.05, 4.69) is 10.3 Å². The molecule has 3 rings (SSSR count). The number of ether oxygens (including phenoxy) is 2. The molecule has 1 amide bonds. The number of rotatable bonds is 6. The van der Waals surface area contributed by atoms with Crippen molar-refractivity contribution in [2.24, 2.45) is 0 Å². The Morgan fingerprint density at radius 2 is 1.86 bits per heavy atom. The van der Waals surface area contributed by atoms with Crippen molar-refractivity contribution >= 4 is 28.9 Å². The minimum absolute atomic E-state index is 0.0393. The van der Waals surface area contributed by atoms with Crippen LogP contribution in [-0.4, -0.2) is 30.1 Å². The molecule has 0 aliphatic rings. The van der Waals surface area contributed by atoms with E-state index in [-0.39, 0.29) is 11.4 Å². The number of aromatic nitrogens is 1. The second-order valence-corrected chi connectivity index (χ2v) is 6.79. The maximum atomic E-state index is 13.6. The van der Waals surface area contributed by atoms with E-state index in [0.717, 1.165) is 23.8 Å². The molecule has 2 aromatic carbocycles. The Morgan fingerprint density at radius 3 is 2.55 bits per heavy atom. The summed E-state index contributed by atoms with van der Waals surface area (Å²) in [5, 5.41) is 4.30. The van der Waals surface area contributed by atoms with E-state index >= 15 is 0 Å². The molecule has 0 saturated heterocycles. The van der Waals surface area contributed by atoms with Crippen molar-refractivity contribution in [1.82, 2.24) is 4.98 Å². The topological polar surface area (TPSA) is 77.5 Å². The molecule has 150 valence electrons. The number of anilines is 1. The highest BCUT2D eigenvalue weighted by molar-refractivity contribution is 7.13. The van der Waals surface area contributed by atoms with Gasteiger partial charge in [-0.05, 0) is 43.3 Å². The molecular formula is C20H16F2N2O4S. The number of nitrogens with one attached hydrogen (secondary N) is 1. The van der Waals surface area contributed by atoms with E-state index in [1.165, 1.54) is 23.6 Å². The third-order valence-corrected chi connectivity index (χ3v) is 4.78. The summed E-state index contributed by atoms with van der Waals surface area (Å²) in [7, 11) is 1.56. The highest BCUT2D eigenvalue weighted by Gasteiger charge is 2.22. The lowest BCUT2D eigenvalue weighted by Crippen LogP contribution is -2.30. The monoisotopic (exact) mass is 418 g/mol. The summed E-state index contributed by atoms with van der Waals surface area (Å²) in [4.78, 5) is 28.6. The summed E-state index contributed by atoms with van der Waals surface area (Å²) in [5.74, 6) is -2.42. The number of hydrogen-bond donors (Lipinski definition) is 1. The maximum absolute atomic E-state index is 13.6. The Bertz CT molecular complexity index is 1040. The van der Waals surface area contributed by atoms with Crippen LogP contribution in [0.4, 0.5) is 14.5 Å². The zero-order chi connectivity index (χ0) is 21.0. The Hall–Kier alpha value is -3.33. The Kier molecular flexibility index (Phi) is 6.18. The Morgan fingerprint density at radius 1 is 1.14 bits per heavy atom. The molecule has 29 heavy (non-hydrogen) atoms. The van der Waals surface area contributed by atoms with Crippen LogP contribution < -0.4 is 10.1 Å². The predicted molar refractivity (Wildman–Crippen MR) is 104 cm³/mol. The summed E-state index contributed by atoms with van der Waals surface area (Å²) >= 11 is 1.24. The van der Waals surface area contributed by atoms with Gasteiger partial charge in [0.05, 0.1) is 12.8 Å². The number of carbonyl (C=O) groups is 2. The number of nitrogens with zero attached hydrogens (tertiary/aromatic N) is 1. The number of benzene rings is 2. The van der Waals surface area contributed by atoms with Gasteiger partial charge in [0.15, 0.2) is 11.8 Å². The predicted octanol–water partition coefficient (Wildman–Crippen LogP) is 4.28. The largest absolute Gasteiger partial charge is 0.497 e. The average Bonchev–Trinajstić information content (AvgIpc) is 3.21. The van der Waals surface area contributed by atoms with Crippen LogP contribution in [-0.2, 0) is 9.53 Å². The zero-order valence-electron chi connectivity index (χ0n) is 15.4. The summed E-state index contributed by atoms with van der Waals surface area (Å²) < 4.78 is 37.0. The van der Waals surface area contributed by atoms with Gasteiger partial charge in [-0.15, -0.1) is 11.3 Å².